The van der Waals surface area contributed by atoms with E-state index in [1.165, 1.54) is 0 Å². The van der Waals surface area contributed by atoms with Gasteiger partial charge < -0.3 is 9.63 Å². The first-order valence-corrected chi connectivity index (χ1v) is 9.59. The minimum Gasteiger partial charge on any atom is -0.383 e. The third-order valence-electron chi connectivity index (χ3n) is 4.38. The van der Waals surface area contributed by atoms with Crippen LogP contribution >= 0.6 is 22.6 Å². The zero-order valence-corrected chi connectivity index (χ0v) is 16.7. The summed E-state index contributed by atoms with van der Waals surface area (Å²) >= 11 is 2.23. The Bertz CT molecular complexity index is 1150. The number of hydrogen-bond acceptors (Lipinski definition) is 5. The van der Waals surface area contributed by atoms with Crippen LogP contribution in [0.5, 0.6) is 0 Å². The average Bonchev–Trinajstić information content (AvgIpc) is 3.19. The van der Waals surface area contributed by atoms with Crippen molar-refractivity contribution in [1.82, 2.24) is 10.1 Å². The molecule has 1 unspecified atom stereocenters. The largest absolute Gasteiger partial charge is 0.383 e. The lowest BCUT2D eigenvalue weighted by atomic mass is 9.94. The van der Waals surface area contributed by atoms with Crippen molar-refractivity contribution >= 4 is 22.6 Å². The number of pyridine rings is 1. The highest BCUT2D eigenvalue weighted by atomic mass is 127. The summed E-state index contributed by atoms with van der Waals surface area (Å²) in [4.78, 5) is 4.11. The van der Waals surface area contributed by atoms with E-state index >= 15 is 0 Å². The van der Waals surface area contributed by atoms with Crippen LogP contribution in [-0.4, -0.2) is 15.2 Å². The SMILES string of the molecule is N#Cc1ccc(-c2noc(-c3cccc(I)c3)c2C(O)c2cccnc2)cc1. The second kappa shape index (κ2) is 7.92. The first-order valence-electron chi connectivity index (χ1n) is 8.51. The Balaban J connectivity index is 1.90. The Morgan fingerprint density at radius 1 is 1.04 bits per heavy atom. The van der Waals surface area contributed by atoms with Crippen LogP contribution in [-0.2, 0) is 0 Å². The van der Waals surface area contributed by atoms with Gasteiger partial charge in [0.2, 0.25) is 0 Å². The normalized spacial score (nSPS) is 11.8. The van der Waals surface area contributed by atoms with E-state index in [2.05, 4.69) is 38.8 Å². The highest BCUT2D eigenvalue weighted by molar-refractivity contribution is 14.1. The van der Waals surface area contributed by atoms with Gasteiger partial charge in [-0.15, -0.1) is 0 Å². The predicted molar refractivity (Wildman–Crippen MR) is 113 cm³/mol. The van der Waals surface area contributed by atoms with E-state index in [-0.39, 0.29) is 0 Å². The Kier molecular flexibility index (Phi) is 5.19. The summed E-state index contributed by atoms with van der Waals surface area (Å²) < 4.78 is 6.74. The summed E-state index contributed by atoms with van der Waals surface area (Å²) in [7, 11) is 0. The second-order valence-electron chi connectivity index (χ2n) is 6.16. The molecule has 0 aliphatic carbocycles. The molecule has 5 nitrogen and oxygen atoms in total. The molecule has 0 fully saturated rings. The van der Waals surface area contributed by atoms with Gasteiger partial charge in [-0.1, -0.05) is 35.5 Å². The molecule has 0 radical (unpaired) electrons. The van der Waals surface area contributed by atoms with Gasteiger partial charge in [0.25, 0.3) is 0 Å². The van der Waals surface area contributed by atoms with Crippen LogP contribution in [0.4, 0.5) is 0 Å². The van der Waals surface area contributed by atoms with Crippen LogP contribution in [0.1, 0.15) is 22.8 Å². The maximum Gasteiger partial charge on any atom is 0.173 e. The van der Waals surface area contributed by atoms with E-state index in [0.717, 1.165) is 14.7 Å². The number of aromatic nitrogens is 2. The molecule has 4 rings (SSSR count). The summed E-state index contributed by atoms with van der Waals surface area (Å²) in [6.45, 7) is 0. The number of halogens is 1. The quantitative estimate of drug-likeness (QED) is 0.419. The molecular formula is C22H14IN3O2. The molecule has 28 heavy (non-hydrogen) atoms. The third-order valence-corrected chi connectivity index (χ3v) is 5.05. The lowest BCUT2D eigenvalue weighted by Crippen LogP contribution is -2.02. The average molecular weight is 479 g/mol. The van der Waals surface area contributed by atoms with Crippen LogP contribution < -0.4 is 0 Å². The van der Waals surface area contributed by atoms with Gasteiger partial charge in [0.1, 0.15) is 11.8 Å². The van der Waals surface area contributed by atoms with Crippen molar-refractivity contribution in [2.75, 3.05) is 0 Å². The molecule has 0 bridgehead atoms. The molecule has 2 aromatic heterocycles. The first kappa shape index (κ1) is 18.3. The van der Waals surface area contributed by atoms with Crippen LogP contribution in [0.15, 0.2) is 77.6 Å². The molecule has 136 valence electrons. The van der Waals surface area contributed by atoms with Gasteiger partial charge in [-0.2, -0.15) is 5.26 Å². The summed E-state index contributed by atoms with van der Waals surface area (Å²) in [5, 5.41) is 24.4. The maximum absolute atomic E-state index is 11.1. The standard InChI is InChI=1S/C22H14IN3O2/c23-18-5-1-3-16(11-18)22-19(21(27)17-4-2-10-25-13-17)20(26-28-22)15-8-6-14(12-24)7-9-15/h1-11,13,21,27H. The van der Waals surface area contributed by atoms with Crippen molar-refractivity contribution in [2.45, 2.75) is 6.10 Å². The van der Waals surface area contributed by atoms with Crippen molar-refractivity contribution < 1.29 is 9.63 Å². The Morgan fingerprint density at radius 2 is 1.86 bits per heavy atom. The number of hydrogen-bond donors (Lipinski definition) is 1. The third kappa shape index (κ3) is 3.54. The maximum atomic E-state index is 11.1. The minimum absolute atomic E-state index is 0.509. The van der Waals surface area contributed by atoms with E-state index in [1.54, 1.807) is 42.7 Å². The van der Waals surface area contributed by atoms with Crippen molar-refractivity contribution in [2.24, 2.45) is 0 Å². The van der Waals surface area contributed by atoms with E-state index < -0.39 is 6.10 Å². The Hall–Kier alpha value is -3.02. The second-order valence-corrected chi connectivity index (χ2v) is 7.41. The number of nitriles is 1. The molecule has 2 heterocycles. The first-order chi connectivity index (χ1) is 13.7. The molecule has 4 aromatic rings. The number of nitrogens with zero attached hydrogens (tertiary/aromatic N) is 3. The van der Waals surface area contributed by atoms with E-state index in [4.69, 9.17) is 9.78 Å². The summed E-state index contributed by atoms with van der Waals surface area (Å²) in [5.41, 5.74) is 3.90. The molecule has 0 saturated heterocycles. The summed E-state index contributed by atoms with van der Waals surface area (Å²) in [5.74, 6) is 0.509. The van der Waals surface area contributed by atoms with E-state index in [9.17, 15) is 5.11 Å². The fraction of sp³-hybridized carbons (Fsp3) is 0.0455. The molecule has 0 saturated carbocycles. The van der Waals surface area contributed by atoms with Gasteiger partial charge in [-0.3, -0.25) is 4.98 Å². The summed E-state index contributed by atoms with van der Waals surface area (Å²) in [6, 6.07) is 20.5. The van der Waals surface area contributed by atoms with Crippen molar-refractivity contribution in [1.29, 1.82) is 5.26 Å². The molecule has 6 heteroatoms. The van der Waals surface area contributed by atoms with Gasteiger partial charge >= 0.3 is 0 Å². The van der Waals surface area contributed by atoms with Crippen LogP contribution in [0.2, 0.25) is 0 Å². The molecule has 0 spiro atoms. The fourth-order valence-electron chi connectivity index (χ4n) is 3.00. The zero-order valence-electron chi connectivity index (χ0n) is 14.6. The topological polar surface area (TPSA) is 82.9 Å². The lowest BCUT2D eigenvalue weighted by Gasteiger charge is -2.12. The lowest BCUT2D eigenvalue weighted by molar-refractivity contribution is 0.220. The molecule has 0 aliphatic heterocycles. The van der Waals surface area contributed by atoms with Crippen molar-refractivity contribution in [3.8, 4) is 28.7 Å². The van der Waals surface area contributed by atoms with Crippen molar-refractivity contribution in [3.05, 3.63) is 93.3 Å². The molecule has 1 N–H and O–H groups in total. The zero-order chi connectivity index (χ0) is 19.5. The minimum atomic E-state index is -0.960. The number of aliphatic hydroxyl groups excluding tert-OH is 1. The van der Waals surface area contributed by atoms with Crippen LogP contribution in [0.25, 0.3) is 22.6 Å². The van der Waals surface area contributed by atoms with E-state index in [1.807, 2.05) is 30.3 Å². The van der Waals surface area contributed by atoms with E-state index in [0.29, 0.717) is 28.1 Å². The van der Waals surface area contributed by atoms with Gasteiger partial charge in [0.15, 0.2) is 5.76 Å². The fourth-order valence-corrected chi connectivity index (χ4v) is 3.55. The van der Waals surface area contributed by atoms with Gasteiger partial charge in [0.05, 0.1) is 17.2 Å². The Labute approximate surface area is 175 Å². The molecule has 2 aromatic carbocycles. The molecule has 0 amide bonds. The van der Waals surface area contributed by atoms with Gasteiger partial charge in [0, 0.05) is 32.7 Å². The predicted octanol–water partition coefficient (Wildman–Crippen LogP) is 4.96. The highest BCUT2D eigenvalue weighted by Crippen LogP contribution is 2.39. The molecule has 0 aliphatic rings. The summed E-state index contributed by atoms with van der Waals surface area (Å²) in [6.07, 6.45) is 2.32. The molecule has 1 atom stereocenters. The monoisotopic (exact) mass is 479 g/mol. The number of aliphatic hydroxyl groups is 1. The number of rotatable bonds is 4. The van der Waals surface area contributed by atoms with Gasteiger partial charge in [-0.25, -0.2) is 0 Å². The van der Waals surface area contributed by atoms with Crippen LogP contribution in [0.3, 0.4) is 0 Å². The smallest absolute Gasteiger partial charge is 0.173 e. The molecular weight excluding hydrogens is 465 g/mol. The highest BCUT2D eigenvalue weighted by Gasteiger charge is 2.26. The Morgan fingerprint density at radius 3 is 2.54 bits per heavy atom. The number of benzene rings is 2. The van der Waals surface area contributed by atoms with Gasteiger partial charge in [-0.05, 0) is 52.9 Å². The van der Waals surface area contributed by atoms with Crippen molar-refractivity contribution in [3.63, 3.8) is 0 Å². The van der Waals surface area contributed by atoms with Crippen LogP contribution in [0, 0.1) is 14.9 Å².